The molecule has 0 bridgehead atoms. The van der Waals surface area contributed by atoms with Crippen LogP contribution in [-0.4, -0.2) is 68.4 Å². The number of hydrogen-bond acceptors (Lipinski definition) is 8. The van der Waals surface area contributed by atoms with E-state index in [2.05, 4.69) is 56.0 Å². The molecule has 0 fully saturated rings. The molecule has 0 aliphatic carbocycles. The van der Waals surface area contributed by atoms with Gasteiger partial charge in [-0.15, -0.1) is 0 Å². The summed E-state index contributed by atoms with van der Waals surface area (Å²) in [5.74, 6) is -0.139. The minimum atomic E-state index is -0.819. The van der Waals surface area contributed by atoms with Crippen molar-refractivity contribution in [3.8, 4) is 28.0 Å². The quantitative estimate of drug-likeness (QED) is 0.0535. The highest BCUT2D eigenvalue weighted by Crippen LogP contribution is 2.40. The maximum Gasteiger partial charge on any atom is 0.333 e. The normalized spacial score (nSPS) is 12.0. The fourth-order valence-electron chi connectivity index (χ4n) is 6.08. The molecule has 3 aromatic carbocycles. The zero-order valence-corrected chi connectivity index (χ0v) is 32.5. The molecule has 1 unspecified atom stereocenters. The van der Waals surface area contributed by atoms with Gasteiger partial charge in [-0.2, -0.15) is 0 Å². The molecule has 8 heteroatoms. The molecule has 0 aliphatic rings. The van der Waals surface area contributed by atoms with Gasteiger partial charge in [0.25, 0.3) is 0 Å². The number of carbonyl (C=O) groups excluding carboxylic acids is 2. The molecule has 0 spiro atoms. The van der Waals surface area contributed by atoms with Gasteiger partial charge in [0, 0.05) is 36.0 Å². The van der Waals surface area contributed by atoms with Gasteiger partial charge < -0.3 is 29.2 Å². The minimum absolute atomic E-state index is 0.195. The Labute approximate surface area is 316 Å². The van der Waals surface area contributed by atoms with E-state index in [1.165, 1.54) is 5.56 Å². The molecule has 0 saturated heterocycles. The lowest BCUT2D eigenvalue weighted by Gasteiger charge is -2.21. The number of methoxy groups -OCH3 is 1. The second kappa shape index (κ2) is 23.4. The van der Waals surface area contributed by atoms with Gasteiger partial charge in [-0.3, -0.25) is 0 Å². The zero-order valence-electron chi connectivity index (χ0n) is 32.5. The topological polar surface area (TPSA) is 112 Å². The molecular formula is C45H60O8. The van der Waals surface area contributed by atoms with Crippen molar-refractivity contribution in [2.24, 2.45) is 0 Å². The van der Waals surface area contributed by atoms with Gasteiger partial charge in [0.05, 0.1) is 32.5 Å². The highest BCUT2D eigenvalue weighted by Gasteiger charge is 2.20. The SMILES string of the molecule is C=C(C)C(=O)OCCCc1c(C=C(C)C(=O)OCCC)ccc(-c2ccc(-c3ccc(CCCCCOC)cc3)cc2CC)c1OCCCC(O)CO. The standard InChI is InChI=1S/C45H60O8/c1-7-25-52-45(49)33(5)29-38-22-24-42(43(51-27-12-15-39(47)31-46)41(38)16-13-28-53-44(48)32(3)4)40-23-21-37(30-35(40)8-2)36-19-17-34(18-20-36)14-10-9-11-26-50-6/h17-24,29-30,39,46-47H,3,7-16,25-28,31H2,1-2,4-6H3. The van der Waals surface area contributed by atoms with Crippen molar-refractivity contribution in [2.45, 2.75) is 98.0 Å². The van der Waals surface area contributed by atoms with Crippen molar-refractivity contribution in [2.75, 3.05) is 40.1 Å². The average Bonchev–Trinajstić information content (AvgIpc) is 3.17. The average molecular weight is 729 g/mol. The molecule has 0 amide bonds. The Morgan fingerprint density at radius 3 is 2.19 bits per heavy atom. The number of carbonyl (C=O) groups is 2. The maximum atomic E-state index is 12.8. The van der Waals surface area contributed by atoms with Gasteiger partial charge in [0.15, 0.2) is 0 Å². The smallest absolute Gasteiger partial charge is 0.333 e. The van der Waals surface area contributed by atoms with Crippen molar-refractivity contribution in [3.05, 3.63) is 94.6 Å². The van der Waals surface area contributed by atoms with E-state index < -0.39 is 12.1 Å². The first-order chi connectivity index (χ1) is 25.6. The number of esters is 2. The number of unbranched alkanes of at least 4 members (excludes halogenated alkanes) is 2. The minimum Gasteiger partial charge on any atom is -0.493 e. The first-order valence-corrected chi connectivity index (χ1v) is 19.1. The summed E-state index contributed by atoms with van der Waals surface area (Å²) in [6.07, 6.45) is 8.90. The third-order valence-electron chi connectivity index (χ3n) is 9.10. The van der Waals surface area contributed by atoms with E-state index in [1.807, 2.05) is 25.1 Å². The van der Waals surface area contributed by atoms with Crippen LogP contribution in [0.5, 0.6) is 5.75 Å². The van der Waals surface area contributed by atoms with Crippen molar-refractivity contribution >= 4 is 18.0 Å². The largest absolute Gasteiger partial charge is 0.493 e. The fourth-order valence-corrected chi connectivity index (χ4v) is 6.08. The Balaban J connectivity index is 2.05. The number of rotatable bonds is 24. The molecule has 0 aromatic heterocycles. The molecule has 2 N–H and O–H groups in total. The molecule has 0 heterocycles. The van der Waals surface area contributed by atoms with E-state index in [0.717, 1.165) is 84.1 Å². The Hall–Kier alpha value is -4.24. The summed E-state index contributed by atoms with van der Waals surface area (Å²) in [7, 11) is 1.75. The fraction of sp³-hybridized carbons (Fsp3) is 0.467. The van der Waals surface area contributed by atoms with Crippen LogP contribution in [0.4, 0.5) is 0 Å². The lowest BCUT2D eigenvalue weighted by Crippen LogP contribution is -2.14. The Bertz CT molecular complexity index is 1640. The Kier molecular flexibility index (Phi) is 19.1. The third kappa shape index (κ3) is 13.9. The van der Waals surface area contributed by atoms with Crippen LogP contribution in [0, 0.1) is 0 Å². The molecule has 0 radical (unpaired) electrons. The summed E-state index contributed by atoms with van der Waals surface area (Å²) in [5, 5.41) is 19.3. The van der Waals surface area contributed by atoms with Crippen LogP contribution in [0.1, 0.15) is 94.9 Å². The van der Waals surface area contributed by atoms with Crippen LogP contribution < -0.4 is 4.74 Å². The second-order valence-corrected chi connectivity index (χ2v) is 13.5. The summed E-state index contributed by atoms with van der Waals surface area (Å²) in [6.45, 7) is 12.5. The van der Waals surface area contributed by atoms with Crippen LogP contribution >= 0.6 is 0 Å². The van der Waals surface area contributed by atoms with E-state index >= 15 is 0 Å². The van der Waals surface area contributed by atoms with Gasteiger partial charge >= 0.3 is 11.9 Å². The summed E-state index contributed by atoms with van der Waals surface area (Å²) in [5.41, 5.74) is 9.23. The molecule has 3 rings (SSSR count). The predicted octanol–water partition coefficient (Wildman–Crippen LogP) is 8.86. The first-order valence-electron chi connectivity index (χ1n) is 19.1. The number of ether oxygens (including phenoxy) is 4. The highest BCUT2D eigenvalue weighted by molar-refractivity contribution is 5.94. The molecular weight excluding hydrogens is 668 g/mol. The van der Waals surface area contributed by atoms with Gasteiger partial charge in [0.1, 0.15) is 5.75 Å². The molecule has 1 atom stereocenters. The van der Waals surface area contributed by atoms with Crippen LogP contribution in [0.25, 0.3) is 28.3 Å². The molecule has 288 valence electrons. The van der Waals surface area contributed by atoms with Crippen LogP contribution in [0.2, 0.25) is 0 Å². The highest BCUT2D eigenvalue weighted by atomic mass is 16.5. The second-order valence-electron chi connectivity index (χ2n) is 13.5. The molecule has 8 nitrogen and oxygen atoms in total. The van der Waals surface area contributed by atoms with Gasteiger partial charge in [-0.25, -0.2) is 9.59 Å². The van der Waals surface area contributed by atoms with E-state index in [0.29, 0.717) is 55.8 Å². The van der Waals surface area contributed by atoms with Crippen molar-refractivity contribution < 1.29 is 38.7 Å². The van der Waals surface area contributed by atoms with E-state index in [9.17, 15) is 19.8 Å². The van der Waals surface area contributed by atoms with E-state index in [-0.39, 0.29) is 19.2 Å². The van der Waals surface area contributed by atoms with E-state index in [1.54, 1.807) is 21.0 Å². The maximum absolute atomic E-state index is 12.8. The zero-order chi connectivity index (χ0) is 38.6. The van der Waals surface area contributed by atoms with Gasteiger partial charge in [0.2, 0.25) is 0 Å². The number of aryl methyl sites for hydroxylation is 2. The van der Waals surface area contributed by atoms with Crippen LogP contribution in [-0.2, 0) is 43.1 Å². The summed E-state index contributed by atoms with van der Waals surface area (Å²) in [4.78, 5) is 24.9. The number of aliphatic hydroxyl groups excluding tert-OH is 2. The van der Waals surface area contributed by atoms with Crippen molar-refractivity contribution in [1.29, 1.82) is 0 Å². The molecule has 53 heavy (non-hydrogen) atoms. The number of benzene rings is 3. The summed E-state index contributed by atoms with van der Waals surface area (Å²) >= 11 is 0. The predicted molar refractivity (Wildman–Crippen MR) is 213 cm³/mol. The molecule has 0 saturated carbocycles. The van der Waals surface area contributed by atoms with Crippen LogP contribution in [0.15, 0.2) is 72.3 Å². The monoisotopic (exact) mass is 728 g/mol. The van der Waals surface area contributed by atoms with Crippen LogP contribution in [0.3, 0.4) is 0 Å². The Morgan fingerprint density at radius 2 is 1.51 bits per heavy atom. The van der Waals surface area contributed by atoms with E-state index in [4.69, 9.17) is 18.9 Å². The molecule has 3 aromatic rings. The Morgan fingerprint density at radius 1 is 0.792 bits per heavy atom. The molecule has 0 aliphatic heterocycles. The third-order valence-corrected chi connectivity index (χ3v) is 9.10. The summed E-state index contributed by atoms with van der Waals surface area (Å²) in [6, 6.07) is 19.4. The number of hydrogen-bond donors (Lipinski definition) is 2. The van der Waals surface area contributed by atoms with Gasteiger partial charge in [-0.05, 0) is 111 Å². The lowest BCUT2D eigenvalue weighted by atomic mass is 9.89. The summed E-state index contributed by atoms with van der Waals surface area (Å²) < 4.78 is 22.6. The van der Waals surface area contributed by atoms with Crippen molar-refractivity contribution in [3.63, 3.8) is 0 Å². The van der Waals surface area contributed by atoms with Crippen molar-refractivity contribution in [1.82, 2.24) is 0 Å². The lowest BCUT2D eigenvalue weighted by molar-refractivity contribution is -0.139. The first kappa shape index (κ1) is 43.2. The number of aliphatic hydroxyl groups is 2. The van der Waals surface area contributed by atoms with Gasteiger partial charge in [-0.1, -0.05) is 81.4 Å².